The second-order valence-corrected chi connectivity index (χ2v) is 5.34. The Balaban J connectivity index is 2.59. The van der Waals surface area contributed by atoms with E-state index in [0.29, 0.717) is 12.3 Å². The van der Waals surface area contributed by atoms with Gasteiger partial charge >= 0.3 is 0 Å². The normalized spacial score (nSPS) is 12.8. The first kappa shape index (κ1) is 13.2. The fourth-order valence-electron chi connectivity index (χ4n) is 1.49. The summed E-state index contributed by atoms with van der Waals surface area (Å²) < 4.78 is 0. The standard InChI is InChI=1S/C12H20N2OS/c1-5-10(12-13-9(4)7-16-12)14-11(15)6-8(2)3/h7-8,10H,5-6H2,1-4H3,(H,14,15)/t10-/m1/s1. The molecule has 0 radical (unpaired) electrons. The first-order chi connectivity index (χ1) is 7.52. The lowest BCUT2D eigenvalue weighted by Gasteiger charge is -2.15. The van der Waals surface area contributed by atoms with Gasteiger partial charge in [-0.1, -0.05) is 20.8 Å². The monoisotopic (exact) mass is 240 g/mol. The van der Waals surface area contributed by atoms with Crippen LogP contribution in [0.2, 0.25) is 0 Å². The highest BCUT2D eigenvalue weighted by molar-refractivity contribution is 7.09. The first-order valence-corrected chi connectivity index (χ1v) is 6.62. The van der Waals surface area contributed by atoms with Crippen molar-refractivity contribution in [1.29, 1.82) is 0 Å². The molecule has 1 aromatic rings. The van der Waals surface area contributed by atoms with Crippen LogP contribution in [0.25, 0.3) is 0 Å². The van der Waals surface area contributed by atoms with E-state index in [9.17, 15) is 4.79 Å². The molecule has 0 bridgehead atoms. The number of amides is 1. The van der Waals surface area contributed by atoms with Gasteiger partial charge in [0.2, 0.25) is 5.91 Å². The van der Waals surface area contributed by atoms with Gasteiger partial charge in [0.1, 0.15) is 5.01 Å². The number of hydrogen-bond acceptors (Lipinski definition) is 3. The van der Waals surface area contributed by atoms with Crippen molar-refractivity contribution in [3.05, 3.63) is 16.1 Å². The van der Waals surface area contributed by atoms with Crippen LogP contribution in [0.5, 0.6) is 0 Å². The van der Waals surface area contributed by atoms with Gasteiger partial charge < -0.3 is 5.32 Å². The molecule has 0 aliphatic carbocycles. The number of aryl methyl sites for hydroxylation is 1. The van der Waals surface area contributed by atoms with Crippen molar-refractivity contribution in [3.8, 4) is 0 Å². The van der Waals surface area contributed by atoms with Crippen LogP contribution in [0.15, 0.2) is 5.38 Å². The summed E-state index contributed by atoms with van der Waals surface area (Å²) in [6, 6.07) is 0.0740. The van der Waals surface area contributed by atoms with Gasteiger partial charge in [0.15, 0.2) is 0 Å². The summed E-state index contributed by atoms with van der Waals surface area (Å²) in [5.74, 6) is 0.519. The summed E-state index contributed by atoms with van der Waals surface area (Å²) in [5, 5.41) is 6.07. The van der Waals surface area contributed by atoms with Crippen LogP contribution in [0, 0.1) is 12.8 Å². The van der Waals surface area contributed by atoms with Crippen molar-refractivity contribution < 1.29 is 4.79 Å². The minimum absolute atomic E-state index is 0.0740. The van der Waals surface area contributed by atoms with Crippen molar-refractivity contribution in [2.75, 3.05) is 0 Å². The number of carbonyl (C=O) groups excluding carboxylic acids is 1. The minimum Gasteiger partial charge on any atom is -0.347 e. The molecule has 0 spiro atoms. The summed E-state index contributed by atoms with van der Waals surface area (Å²) >= 11 is 1.62. The topological polar surface area (TPSA) is 42.0 Å². The van der Waals surface area contributed by atoms with Crippen molar-refractivity contribution in [2.45, 2.75) is 46.6 Å². The summed E-state index contributed by atoms with van der Waals surface area (Å²) in [4.78, 5) is 16.1. The molecule has 0 saturated heterocycles. The molecule has 1 aromatic heterocycles. The van der Waals surface area contributed by atoms with Crippen molar-refractivity contribution >= 4 is 17.2 Å². The molecule has 4 heteroatoms. The SMILES string of the molecule is CC[C@@H](NC(=O)CC(C)C)c1nc(C)cs1. The van der Waals surface area contributed by atoms with E-state index in [0.717, 1.165) is 17.1 Å². The zero-order valence-corrected chi connectivity index (χ0v) is 11.2. The Bertz CT molecular complexity index is 347. The lowest BCUT2D eigenvalue weighted by molar-refractivity contribution is -0.122. The second-order valence-electron chi connectivity index (χ2n) is 4.45. The molecule has 16 heavy (non-hydrogen) atoms. The average molecular weight is 240 g/mol. The second kappa shape index (κ2) is 5.99. The summed E-state index contributed by atoms with van der Waals surface area (Å²) in [7, 11) is 0. The zero-order valence-electron chi connectivity index (χ0n) is 10.4. The minimum atomic E-state index is 0.0740. The Morgan fingerprint density at radius 2 is 2.25 bits per heavy atom. The van der Waals surface area contributed by atoms with Gasteiger partial charge in [0.05, 0.1) is 6.04 Å². The number of hydrogen-bond donors (Lipinski definition) is 1. The summed E-state index contributed by atoms with van der Waals surface area (Å²) in [5.41, 5.74) is 1.02. The van der Waals surface area contributed by atoms with Crippen molar-refractivity contribution in [1.82, 2.24) is 10.3 Å². The van der Waals surface area contributed by atoms with Crippen LogP contribution >= 0.6 is 11.3 Å². The number of carbonyl (C=O) groups is 1. The lowest BCUT2D eigenvalue weighted by Crippen LogP contribution is -2.28. The fourth-order valence-corrected chi connectivity index (χ4v) is 2.43. The highest BCUT2D eigenvalue weighted by Gasteiger charge is 2.16. The Kier molecular flexibility index (Phi) is 4.93. The molecule has 1 atom stereocenters. The maximum atomic E-state index is 11.7. The van der Waals surface area contributed by atoms with Crippen LogP contribution in [0.3, 0.4) is 0 Å². The van der Waals surface area contributed by atoms with Crippen molar-refractivity contribution in [2.24, 2.45) is 5.92 Å². The molecule has 1 amide bonds. The first-order valence-electron chi connectivity index (χ1n) is 5.74. The molecule has 0 saturated carbocycles. The third-order valence-electron chi connectivity index (χ3n) is 2.27. The van der Waals surface area contributed by atoms with Crippen LogP contribution in [-0.4, -0.2) is 10.9 Å². The number of aromatic nitrogens is 1. The number of nitrogens with zero attached hydrogens (tertiary/aromatic N) is 1. The van der Waals surface area contributed by atoms with Gasteiger partial charge in [-0.3, -0.25) is 4.79 Å². The maximum absolute atomic E-state index is 11.7. The van der Waals surface area contributed by atoms with Crippen molar-refractivity contribution in [3.63, 3.8) is 0 Å². The summed E-state index contributed by atoms with van der Waals surface area (Å²) in [6.45, 7) is 8.14. The molecule has 0 unspecified atom stereocenters. The zero-order chi connectivity index (χ0) is 12.1. The number of nitrogens with one attached hydrogen (secondary N) is 1. The fraction of sp³-hybridized carbons (Fsp3) is 0.667. The van der Waals surface area contributed by atoms with Gasteiger partial charge in [0.25, 0.3) is 0 Å². The molecule has 90 valence electrons. The van der Waals surface area contributed by atoms with E-state index in [1.54, 1.807) is 11.3 Å². The quantitative estimate of drug-likeness (QED) is 0.859. The molecule has 1 rings (SSSR count). The molecule has 0 aromatic carbocycles. The molecule has 3 nitrogen and oxygen atoms in total. The average Bonchev–Trinajstić information content (AvgIpc) is 2.60. The van der Waals surface area contributed by atoms with E-state index in [2.05, 4.69) is 17.2 Å². The highest BCUT2D eigenvalue weighted by Crippen LogP contribution is 2.21. The van der Waals surface area contributed by atoms with E-state index < -0.39 is 0 Å². The third-order valence-corrected chi connectivity index (χ3v) is 3.35. The Labute approximate surface area is 101 Å². The summed E-state index contributed by atoms with van der Waals surface area (Å²) in [6.07, 6.45) is 1.47. The molecular weight excluding hydrogens is 220 g/mol. The number of rotatable bonds is 5. The smallest absolute Gasteiger partial charge is 0.220 e. The van der Waals surface area contributed by atoms with E-state index in [1.807, 2.05) is 26.2 Å². The van der Waals surface area contributed by atoms with Gasteiger partial charge in [-0.2, -0.15) is 0 Å². The van der Waals surface area contributed by atoms with Crippen LogP contribution < -0.4 is 5.32 Å². The van der Waals surface area contributed by atoms with E-state index in [4.69, 9.17) is 0 Å². The Morgan fingerprint density at radius 1 is 1.56 bits per heavy atom. The van der Waals surface area contributed by atoms with E-state index >= 15 is 0 Å². The Morgan fingerprint density at radius 3 is 2.69 bits per heavy atom. The maximum Gasteiger partial charge on any atom is 0.220 e. The Hall–Kier alpha value is -0.900. The highest BCUT2D eigenvalue weighted by atomic mass is 32.1. The molecule has 1 heterocycles. The van der Waals surface area contributed by atoms with Gasteiger partial charge in [0, 0.05) is 17.5 Å². The van der Waals surface area contributed by atoms with Gasteiger partial charge in [-0.05, 0) is 19.3 Å². The van der Waals surface area contributed by atoms with E-state index in [1.165, 1.54) is 0 Å². The predicted molar refractivity (Wildman–Crippen MR) is 67.5 cm³/mol. The molecule has 0 aliphatic rings. The van der Waals surface area contributed by atoms with Crippen LogP contribution in [0.1, 0.15) is 50.4 Å². The molecule has 1 N–H and O–H groups in total. The lowest BCUT2D eigenvalue weighted by atomic mass is 10.1. The molecular formula is C12H20N2OS. The van der Waals surface area contributed by atoms with Gasteiger partial charge in [-0.15, -0.1) is 11.3 Å². The van der Waals surface area contributed by atoms with E-state index in [-0.39, 0.29) is 11.9 Å². The van der Waals surface area contributed by atoms with Crippen LogP contribution in [-0.2, 0) is 4.79 Å². The molecule has 0 aliphatic heterocycles. The molecule has 0 fully saturated rings. The largest absolute Gasteiger partial charge is 0.347 e. The third kappa shape index (κ3) is 3.93. The number of thiazole rings is 1. The predicted octanol–water partition coefficient (Wildman–Crippen LogP) is 3.06. The van der Waals surface area contributed by atoms with Gasteiger partial charge in [-0.25, -0.2) is 4.98 Å². The van der Waals surface area contributed by atoms with Crippen LogP contribution in [0.4, 0.5) is 0 Å².